The lowest BCUT2D eigenvalue weighted by Crippen LogP contribution is -2.23. The smallest absolute Gasteiger partial charge is 0.291 e. The van der Waals surface area contributed by atoms with Gasteiger partial charge in [-0.15, -0.1) is 5.10 Å². The van der Waals surface area contributed by atoms with E-state index in [1.807, 2.05) is 54.6 Å². The van der Waals surface area contributed by atoms with Crippen molar-refractivity contribution >= 4 is 38.3 Å². The zero-order chi connectivity index (χ0) is 17.4. The fourth-order valence-electron chi connectivity index (χ4n) is 2.51. The average molecular weight is 414 g/mol. The molecule has 0 aliphatic rings. The number of thiazole rings is 1. The number of methoxy groups -OCH3 is 1. The van der Waals surface area contributed by atoms with Gasteiger partial charge in [-0.05, 0) is 29.8 Å². The van der Waals surface area contributed by atoms with E-state index in [1.54, 1.807) is 7.11 Å². The number of halogens is 1. The van der Waals surface area contributed by atoms with Crippen molar-refractivity contribution in [2.24, 2.45) is 0 Å². The summed E-state index contributed by atoms with van der Waals surface area (Å²) in [6.07, 6.45) is 1.84. The Hall–Kier alpha value is -2.51. The first-order chi connectivity index (χ1) is 12.2. The summed E-state index contributed by atoms with van der Waals surface area (Å²) in [5, 5.41) is 4.37. The molecule has 4 rings (SSSR count). The summed E-state index contributed by atoms with van der Waals surface area (Å²) in [5.41, 5.74) is 1.52. The second-order valence-corrected chi connectivity index (χ2v) is 7.13. The van der Waals surface area contributed by atoms with Crippen molar-refractivity contribution in [2.45, 2.75) is 0 Å². The van der Waals surface area contributed by atoms with Crippen LogP contribution in [0.25, 0.3) is 22.4 Å². The van der Waals surface area contributed by atoms with Gasteiger partial charge in [0.25, 0.3) is 5.56 Å². The molecule has 124 valence electrons. The topological polar surface area (TPSA) is 56.5 Å². The summed E-state index contributed by atoms with van der Waals surface area (Å²) in [5.74, 6) is 1.15. The van der Waals surface area contributed by atoms with Gasteiger partial charge in [0.15, 0.2) is 5.82 Å². The highest BCUT2D eigenvalue weighted by molar-refractivity contribution is 9.10. The molecule has 5 nitrogen and oxygen atoms in total. The van der Waals surface area contributed by atoms with Crippen LogP contribution in [0.2, 0.25) is 0 Å². The number of hydrogen-bond acceptors (Lipinski definition) is 5. The molecule has 0 saturated heterocycles. The quantitative estimate of drug-likeness (QED) is 0.517. The van der Waals surface area contributed by atoms with Gasteiger partial charge >= 0.3 is 0 Å². The Bertz CT molecular complexity index is 1180. The molecule has 0 atom stereocenters. The molecular weight excluding hydrogens is 402 g/mol. The molecule has 0 N–H and O–H groups in total. The normalized spacial score (nSPS) is 12.0. The molecule has 4 aromatic rings. The summed E-state index contributed by atoms with van der Waals surface area (Å²) >= 11 is 4.81. The fraction of sp³-hybridized carbons (Fsp3) is 0.0556. The molecule has 2 aromatic carbocycles. The highest BCUT2D eigenvalue weighted by Crippen LogP contribution is 2.27. The van der Waals surface area contributed by atoms with Crippen LogP contribution in [-0.4, -0.2) is 21.7 Å². The second-order valence-electron chi connectivity index (χ2n) is 5.27. The Morgan fingerprint density at radius 3 is 2.68 bits per heavy atom. The SMILES string of the molecule is COc1ccccc1-c1nc2sc(=Cc3ccccc3Br)c(=O)n2n1. The highest BCUT2D eigenvalue weighted by Gasteiger charge is 2.14. The van der Waals surface area contributed by atoms with Gasteiger partial charge in [0.05, 0.1) is 17.2 Å². The van der Waals surface area contributed by atoms with E-state index in [2.05, 4.69) is 26.0 Å². The number of hydrogen-bond donors (Lipinski definition) is 0. The number of aromatic nitrogens is 3. The molecule has 0 amide bonds. The van der Waals surface area contributed by atoms with Gasteiger partial charge in [-0.25, -0.2) is 0 Å². The molecule has 25 heavy (non-hydrogen) atoms. The maximum absolute atomic E-state index is 12.6. The molecule has 0 unspecified atom stereocenters. The van der Waals surface area contributed by atoms with Crippen LogP contribution in [0, 0.1) is 0 Å². The maximum Gasteiger partial charge on any atom is 0.291 e. The number of ether oxygens (including phenoxy) is 1. The van der Waals surface area contributed by atoms with Crippen LogP contribution in [0.15, 0.2) is 57.8 Å². The summed E-state index contributed by atoms with van der Waals surface area (Å²) in [4.78, 5) is 17.7. The van der Waals surface area contributed by atoms with Crippen LogP contribution >= 0.6 is 27.3 Å². The first kappa shape index (κ1) is 16.0. The molecule has 0 radical (unpaired) electrons. The van der Waals surface area contributed by atoms with E-state index in [-0.39, 0.29) is 5.56 Å². The Balaban J connectivity index is 1.86. The molecule has 0 aliphatic carbocycles. The minimum absolute atomic E-state index is 0.176. The molecule has 0 saturated carbocycles. The summed E-state index contributed by atoms with van der Waals surface area (Å²) in [6, 6.07) is 15.2. The van der Waals surface area contributed by atoms with Crippen LogP contribution in [0.1, 0.15) is 5.56 Å². The maximum atomic E-state index is 12.6. The lowest BCUT2D eigenvalue weighted by molar-refractivity contribution is 0.416. The third-order valence-electron chi connectivity index (χ3n) is 3.72. The van der Waals surface area contributed by atoms with Crippen molar-refractivity contribution in [1.29, 1.82) is 0 Å². The van der Waals surface area contributed by atoms with Crippen LogP contribution in [0.3, 0.4) is 0 Å². The molecule has 0 bridgehead atoms. The second kappa shape index (κ2) is 6.42. The molecular formula is C18H12BrN3O2S. The van der Waals surface area contributed by atoms with Gasteiger partial charge in [0.2, 0.25) is 4.96 Å². The van der Waals surface area contributed by atoms with Crippen LogP contribution < -0.4 is 14.8 Å². The van der Waals surface area contributed by atoms with E-state index in [1.165, 1.54) is 15.9 Å². The molecule has 0 aliphatic heterocycles. The van der Waals surface area contributed by atoms with E-state index in [0.29, 0.717) is 21.1 Å². The Kier molecular flexibility index (Phi) is 4.10. The summed E-state index contributed by atoms with van der Waals surface area (Å²) < 4.78 is 8.21. The van der Waals surface area contributed by atoms with Crippen molar-refractivity contribution in [3.8, 4) is 17.1 Å². The fourth-order valence-corrected chi connectivity index (χ4v) is 3.81. The van der Waals surface area contributed by atoms with Crippen molar-refractivity contribution in [2.75, 3.05) is 7.11 Å². The number of para-hydroxylation sites is 1. The van der Waals surface area contributed by atoms with Gasteiger partial charge in [-0.2, -0.15) is 9.50 Å². The Morgan fingerprint density at radius 2 is 1.92 bits per heavy atom. The van der Waals surface area contributed by atoms with E-state index in [0.717, 1.165) is 15.6 Å². The van der Waals surface area contributed by atoms with Crippen LogP contribution in [0.5, 0.6) is 5.75 Å². The summed E-state index contributed by atoms with van der Waals surface area (Å²) in [6.45, 7) is 0. The molecule has 0 fully saturated rings. The van der Waals surface area contributed by atoms with Crippen molar-refractivity contribution in [3.63, 3.8) is 0 Å². The van der Waals surface area contributed by atoms with Gasteiger partial charge < -0.3 is 4.74 Å². The third kappa shape index (κ3) is 2.85. The van der Waals surface area contributed by atoms with E-state index in [4.69, 9.17) is 4.74 Å². The highest BCUT2D eigenvalue weighted by atomic mass is 79.9. The predicted molar refractivity (Wildman–Crippen MR) is 102 cm³/mol. The number of fused-ring (bicyclic) bond motifs is 1. The predicted octanol–water partition coefficient (Wildman–Crippen LogP) is 3.14. The van der Waals surface area contributed by atoms with E-state index < -0.39 is 0 Å². The standard InChI is InChI=1S/C18H12BrN3O2S/c1-24-14-9-5-3-7-12(14)16-20-18-22(21-16)17(23)15(25-18)10-11-6-2-4-8-13(11)19/h2-10H,1H3. The van der Waals surface area contributed by atoms with Crippen LogP contribution in [0.4, 0.5) is 0 Å². The summed E-state index contributed by atoms with van der Waals surface area (Å²) in [7, 11) is 1.60. The van der Waals surface area contributed by atoms with Crippen molar-refractivity contribution < 1.29 is 4.74 Å². The molecule has 0 spiro atoms. The largest absolute Gasteiger partial charge is 0.496 e. The number of rotatable bonds is 3. The third-order valence-corrected chi connectivity index (χ3v) is 5.40. The van der Waals surface area contributed by atoms with E-state index in [9.17, 15) is 4.79 Å². The molecule has 2 heterocycles. The zero-order valence-corrected chi connectivity index (χ0v) is 15.5. The van der Waals surface area contributed by atoms with Crippen LogP contribution in [-0.2, 0) is 0 Å². The monoisotopic (exact) mass is 413 g/mol. The van der Waals surface area contributed by atoms with Crippen molar-refractivity contribution in [3.05, 3.63) is 73.5 Å². The number of benzene rings is 2. The lowest BCUT2D eigenvalue weighted by Gasteiger charge is -2.03. The average Bonchev–Trinajstić information content (AvgIpc) is 3.17. The van der Waals surface area contributed by atoms with Crippen molar-refractivity contribution in [1.82, 2.24) is 14.6 Å². The molecule has 7 heteroatoms. The van der Waals surface area contributed by atoms with Gasteiger partial charge in [-0.1, -0.05) is 57.6 Å². The zero-order valence-electron chi connectivity index (χ0n) is 13.1. The van der Waals surface area contributed by atoms with Gasteiger partial charge in [0.1, 0.15) is 5.75 Å². The van der Waals surface area contributed by atoms with E-state index >= 15 is 0 Å². The van der Waals surface area contributed by atoms with Gasteiger partial charge in [0, 0.05) is 4.47 Å². The lowest BCUT2D eigenvalue weighted by atomic mass is 10.2. The Morgan fingerprint density at radius 1 is 1.16 bits per heavy atom. The Labute approximate surface area is 155 Å². The minimum Gasteiger partial charge on any atom is -0.496 e. The number of nitrogens with zero attached hydrogens (tertiary/aromatic N) is 3. The first-order valence-corrected chi connectivity index (χ1v) is 9.07. The molecule has 2 aromatic heterocycles. The van der Waals surface area contributed by atoms with Gasteiger partial charge in [-0.3, -0.25) is 4.79 Å². The first-order valence-electron chi connectivity index (χ1n) is 7.46. The minimum atomic E-state index is -0.176.